The number of aryl methyl sites for hydroxylation is 1. The molecule has 0 atom stereocenters. The second-order valence-corrected chi connectivity index (χ2v) is 5.42. The van der Waals surface area contributed by atoms with Gasteiger partial charge < -0.3 is 14.5 Å². The average Bonchev–Trinajstić information content (AvgIpc) is 2.92. The number of rotatable bonds is 4. The van der Waals surface area contributed by atoms with Crippen molar-refractivity contribution in [1.29, 1.82) is 0 Å². The molecule has 136 valence electrons. The molecule has 0 saturated carbocycles. The lowest BCUT2D eigenvalue weighted by Gasteiger charge is -2.09. The molecule has 3 rings (SSSR count). The van der Waals surface area contributed by atoms with Crippen molar-refractivity contribution in [2.24, 2.45) is 0 Å². The molecule has 5 nitrogen and oxygen atoms in total. The van der Waals surface area contributed by atoms with Crippen LogP contribution in [0.25, 0.3) is 11.0 Å². The van der Waals surface area contributed by atoms with Crippen molar-refractivity contribution in [3.05, 3.63) is 53.7 Å². The number of nitrogens with zero attached hydrogens (tertiary/aromatic N) is 1. The molecule has 1 aromatic carbocycles. The molecule has 0 saturated heterocycles. The third-order valence-electron chi connectivity index (χ3n) is 3.50. The van der Waals surface area contributed by atoms with Crippen molar-refractivity contribution < 1.29 is 31.5 Å². The summed E-state index contributed by atoms with van der Waals surface area (Å²) in [5.74, 6) is -1.52. The van der Waals surface area contributed by atoms with Gasteiger partial charge in [-0.3, -0.25) is 4.79 Å². The average molecular weight is 368 g/mol. The van der Waals surface area contributed by atoms with Gasteiger partial charge in [-0.05, 0) is 19.1 Å². The van der Waals surface area contributed by atoms with Gasteiger partial charge in [-0.1, -0.05) is 12.1 Å². The largest absolute Gasteiger partial charge is 0.468 e. The summed E-state index contributed by atoms with van der Waals surface area (Å²) in [5, 5.41) is 2.96. The van der Waals surface area contributed by atoms with Gasteiger partial charge in [0.15, 0.2) is 23.8 Å². The van der Waals surface area contributed by atoms with Crippen LogP contribution in [0.5, 0.6) is 5.88 Å². The quantitative estimate of drug-likeness (QED) is 0.690. The number of anilines is 1. The Morgan fingerprint density at radius 2 is 2.04 bits per heavy atom. The predicted octanol–water partition coefficient (Wildman–Crippen LogP) is 4.47. The van der Waals surface area contributed by atoms with E-state index in [1.54, 1.807) is 13.0 Å². The Hall–Kier alpha value is -3.10. The van der Waals surface area contributed by atoms with Crippen LogP contribution in [-0.4, -0.2) is 23.7 Å². The number of ether oxygens (including phenoxy) is 1. The van der Waals surface area contributed by atoms with E-state index in [9.17, 15) is 22.4 Å². The summed E-state index contributed by atoms with van der Waals surface area (Å²) in [6.07, 6.45) is -3.33. The van der Waals surface area contributed by atoms with E-state index in [1.807, 2.05) is 0 Å². The summed E-state index contributed by atoms with van der Waals surface area (Å²) in [5.41, 5.74) is 0.661. The highest BCUT2D eigenvalue weighted by molar-refractivity contribution is 6.06. The zero-order valence-electron chi connectivity index (χ0n) is 13.4. The molecule has 0 aliphatic rings. The van der Waals surface area contributed by atoms with Crippen molar-refractivity contribution in [2.45, 2.75) is 13.1 Å². The molecule has 0 spiro atoms. The Morgan fingerprint density at radius 1 is 1.27 bits per heavy atom. The summed E-state index contributed by atoms with van der Waals surface area (Å²) < 4.78 is 59.8. The molecule has 9 heteroatoms. The molecule has 2 aromatic heterocycles. The van der Waals surface area contributed by atoms with Crippen molar-refractivity contribution in [3.63, 3.8) is 0 Å². The van der Waals surface area contributed by atoms with Crippen LogP contribution in [0.3, 0.4) is 0 Å². The van der Waals surface area contributed by atoms with E-state index in [-0.39, 0.29) is 22.9 Å². The van der Waals surface area contributed by atoms with E-state index in [1.165, 1.54) is 24.3 Å². The normalized spacial score (nSPS) is 11.6. The highest BCUT2D eigenvalue weighted by atomic mass is 19.4. The van der Waals surface area contributed by atoms with Crippen LogP contribution in [0.4, 0.5) is 23.2 Å². The monoisotopic (exact) mass is 368 g/mol. The minimum Gasteiger partial charge on any atom is -0.468 e. The van der Waals surface area contributed by atoms with Crippen molar-refractivity contribution in [2.75, 3.05) is 11.9 Å². The molecule has 2 heterocycles. The smallest absolute Gasteiger partial charge is 0.422 e. The maximum atomic E-state index is 13.7. The first-order valence-electron chi connectivity index (χ1n) is 7.39. The van der Waals surface area contributed by atoms with E-state index >= 15 is 0 Å². The number of aromatic nitrogens is 1. The first-order chi connectivity index (χ1) is 12.2. The van der Waals surface area contributed by atoms with Crippen LogP contribution in [0.2, 0.25) is 0 Å². The summed E-state index contributed by atoms with van der Waals surface area (Å²) in [6.45, 7) is 0.155. The van der Waals surface area contributed by atoms with Crippen LogP contribution in [-0.2, 0) is 0 Å². The molecule has 0 unspecified atom stereocenters. The first kappa shape index (κ1) is 17.7. The zero-order chi connectivity index (χ0) is 18.9. The summed E-state index contributed by atoms with van der Waals surface area (Å²) in [4.78, 5) is 16.0. The first-order valence-corrected chi connectivity index (χ1v) is 7.39. The number of alkyl halides is 3. The second-order valence-electron chi connectivity index (χ2n) is 5.42. The van der Waals surface area contributed by atoms with Crippen LogP contribution < -0.4 is 10.1 Å². The molecular formula is C17H12F4N2O3. The number of para-hydroxylation sites is 1. The van der Waals surface area contributed by atoms with E-state index in [0.29, 0.717) is 10.9 Å². The fraction of sp³-hybridized carbons (Fsp3) is 0.176. The number of furan rings is 1. The zero-order valence-corrected chi connectivity index (χ0v) is 13.4. The lowest BCUT2D eigenvalue weighted by molar-refractivity contribution is -0.154. The Balaban J connectivity index is 1.74. The number of fused-ring (bicyclic) bond motifs is 1. The maximum absolute atomic E-state index is 13.7. The summed E-state index contributed by atoms with van der Waals surface area (Å²) in [7, 11) is 0. The van der Waals surface area contributed by atoms with Gasteiger partial charge in [0, 0.05) is 17.0 Å². The third-order valence-corrected chi connectivity index (χ3v) is 3.50. The molecule has 0 radical (unpaired) electrons. The number of halogens is 4. The van der Waals surface area contributed by atoms with Crippen LogP contribution >= 0.6 is 0 Å². The number of benzene rings is 1. The number of amides is 1. The number of carbonyl (C=O) groups is 1. The SMILES string of the molecule is Cc1c(C(=O)Nc2ccc(OCC(F)(F)F)nc2)oc2c(F)cccc12. The number of nitrogens with one attached hydrogen (secondary N) is 1. The third kappa shape index (κ3) is 3.76. The highest BCUT2D eigenvalue weighted by Crippen LogP contribution is 2.28. The molecule has 0 aliphatic carbocycles. The Labute approximate surface area is 144 Å². The standard InChI is InChI=1S/C17H12F4N2O3/c1-9-11-3-2-4-12(18)15(11)26-14(9)16(24)23-10-5-6-13(22-7-10)25-8-17(19,20)21/h2-7H,8H2,1H3,(H,23,24). The summed E-state index contributed by atoms with van der Waals surface area (Å²) in [6, 6.07) is 6.87. The fourth-order valence-corrected chi connectivity index (χ4v) is 2.31. The fourth-order valence-electron chi connectivity index (χ4n) is 2.31. The van der Waals surface area contributed by atoms with Gasteiger partial charge in [0.05, 0.1) is 11.9 Å². The topological polar surface area (TPSA) is 64.4 Å². The van der Waals surface area contributed by atoms with E-state index in [2.05, 4.69) is 15.0 Å². The van der Waals surface area contributed by atoms with Gasteiger partial charge in [-0.2, -0.15) is 13.2 Å². The number of hydrogen-bond donors (Lipinski definition) is 1. The Morgan fingerprint density at radius 3 is 2.65 bits per heavy atom. The number of carbonyl (C=O) groups excluding carboxylic acids is 1. The van der Waals surface area contributed by atoms with Gasteiger partial charge in [0.1, 0.15) is 0 Å². The predicted molar refractivity (Wildman–Crippen MR) is 84.6 cm³/mol. The minimum absolute atomic E-state index is 0.0239. The Kier molecular flexibility index (Phi) is 4.54. The van der Waals surface area contributed by atoms with E-state index in [0.717, 1.165) is 6.20 Å². The molecule has 1 N–H and O–H groups in total. The molecule has 0 bridgehead atoms. The molecule has 0 fully saturated rings. The molecular weight excluding hydrogens is 356 g/mol. The van der Waals surface area contributed by atoms with Crippen LogP contribution in [0.1, 0.15) is 16.1 Å². The highest BCUT2D eigenvalue weighted by Gasteiger charge is 2.28. The lowest BCUT2D eigenvalue weighted by Crippen LogP contribution is -2.19. The maximum Gasteiger partial charge on any atom is 0.422 e. The van der Waals surface area contributed by atoms with Crippen molar-refractivity contribution in [1.82, 2.24) is 4.98 Å². The van der Waals surface area contributed by atoms with Gasteiger partial charge in [0.2, 0.25) is 5.88 Å². The molecule has 26 heavy (non-hydrogen) atoms. The van der Waals surface area contributed by atoms with Gasteiger partial charge in [0.25, 0.3) is 5.91 Å². The summed E-state index contributed by atoms with van der Waals surface area (Å²) >= 11 is 0. The number of pyridine rings is 1. The Bertz CT molecular complexity index is 949. The van der Waals surface area contributed by atoms with Gasteiger partial charge in [-0.25, -0.2) is 9.37 Å². The second kappa shape index (κ2) is 6.66. The van der Waals surface area contributed by atoms with Gasteiger partial charge >= 0.3 is 6.18 Å². The van der Waals surface area contributed by atoms with Crippen molar-refractivity contribution in [3.8, 4) is 5.88 Å². The molecule has 3 aromatic rings. The van der Waals surface area contributed by atoms with E-state index < -0.39 is 24.5 Å². The molecule has 1 amide bonds. The van der Waals surface area contributed by atoms with Crippen LogP contribution in [0.15, 0.2) is 40.9 Å². The molecule has 0 aliphatic heterocycles. The number of hydrogen-bond acceptors (Lipinski definition) is 4. The minimum atomic E-state index is -4.47. The lowest BCUT2D eigenvalue weighted by atomic mass is 10.1. The van der Waals surface area contributed by atoms with Crippen molar-refractivity contribution >= 4 is 22.6 Å². The van der Waals surface area contributed by atoms with E-state index in [4.69, 9.17) is 4.42 Å². The van der Waals surface area contributed by atoms with Crippen LogP contribution in [0, 0.1) is 12.7 Å². The van der Waals surface area contributed by atoms with Gasteiger partial charge in [-0.15, -0.1) is 0 Å².